The number of halogens is 1. The number of ether oxygens (including phenoxy) is 1. The van der Waals surface area contributed by atoms with Gasteiger partial charge in [-0.05, 0) is 80.5 Å². The molecule has 0 radical (unpaired) electrons. The molecule has 162 valence electrons. The lowest BCUT2D eigenvalue weighted by Crippen LogP contribution is -2.29. The van der Waals surface area contributed by atoms with Crippen LogP contribution in [0.25, 0.3) is 0 Å². The monoisotopic (exact) mass is 438 g/mol. The van der Waals surface area contributed by atoms with E-state index in [2.05, 4.69) is 39.7 Å². The molecule has 0 aliphatic carbocycles. The molecular formula is C24H27FN4OS. The van der Waals surface area contributed by atoms with Gasteiger partial charge in [-0.15, -0.1) is 0 Å². The van der Waals surface area contributed by atoms with E-state index in [0.717, 1.165) is 29.3 Å². The number of methoxy groups -OCH3 is 1. The number of pyridine rings is 1. The van der Waals surface area contributed by atoms with Crippen molar-refractivity contribution in [2.45, 2.75) is 39.4 Å². The lowest BCUT2D eigenvalue weighted by atomic mass is 9.96. The maximum atomic E-state index is 14.0. The number of aryl methyl sites for hydroxylation is 2. The Balaban J connectivity index is 1.85. The Bertz CT molecular complexity index is 1100. The van der Waals surface area contributed by atoms with Gasteiger partial charge in [0.15, 0.2) is 5.11 Å². The smallest absolute Gasteiger partial charge is 0.174 e. The van der Waals surface area contributed by atoms with Crippen LogP contribution in [0.4, 0.5) is 10.1 Å². The second kappa shape index (κ2) is 8.77. The third-order valence-electron chi connectivity index (χ3n) is 5.97. The number of nitrogens with one attached hydrogen (secondary N) is 1. The minimum absolute atomic E-state index is 0.116. The Hall–Kier alpha value is -2.77. The van der Waals surface area contributed by atoms with Crippen LogP contribution in [-0.2, 0) is 11.3 Å². The molecule has 5 nitrogen and oxygen atoms in total. The van der Waals surface area contributed by atoms with E-state index in [1.807, 2.05) is 24.3 Å². The summed E-state index contributed by atoms with van der Waals surface area (Å²) < 4.78 is 21.6. The summed E-state index contributed by atoms with van der Waals surface area (Å²) in [5.74, 6) is -0.225. The molecule has 1 saturated heterocycles. The number of hydrogen-bond acceptors (Lipinski definition) is 3. The van der Waals surface area contributed by atoms with E-state index in [9.17, 15) is 4.39 Å². The van der Waals surface area contributed by atoms with Crippen LogP contribution in [0.3, 0.4) is 0 Å². The molecule has 7 heteroatoms. The van der Waals surface area contributed by atoms with Crippen molar-refractivity contribution in [1.29, 1.82) is 0 Å². The highest BCUT2D eigenvalue weighted by molar-refractivity contribution is 7.80. The van der Waals surface area contributed by atoms with Gasteiger partial charge in [-0.25, -0.2) is 4.39 Å². The first kappa shape index (κ1) is 21.5. The molecule has 3 heterocycles. The second-order valence-electron chi connectivity index (χ2n) is 7.90. The van der Waals surface area contributed by atoms with E-state index in [4.69, 9.17) is 17.0 Å². The molecule has 0 bridgehead atoms. The summed E-state index contributed by atoms with van der Waals surface area (Å²) in [6.45, 7) is 7.43. The minimum atomic E-state index is -0.225. The summed E-state index contributed by atoms with van der Waals surface area (Å²) in [7, 11) is 1.71. The topological polar surface area (TPSA) is 42.3 Å². The fourth-order valence-electron chi connectivity index (χ4n) is 4.38. The van der Waals surface area contributed by atoms with Gasteiger partial charge >= 0.3 is 0 Å². The van der Waals surface area contributed by atoms with Gasteiger partial charge in [0.05, 0.1) is 24.4 Å². The molecule has 4 rings (SSSR count). The second-order valence-corrected chi connectivity index (χ2v) is 8.29. The first-order valence-corrected chi connectivity index (χ1v) is 10.8. The van der Waals surface area contributed by atoms with Crippen LogP contribution in [0.1, 0.15) is 40.3 Å². The molecule has 3 aromatic rings. The van der Waals surface area contributed by atoms with Crippen molar-refractivity contribution >= 4 is 23.0 Å². The maximum Gasteiger partial charge on any atom is 0.174 e. The Labute approximate surface area is 187 Å². The summed E-state index contributed by atoms with van der Waals surface area (Å²) in [6.07, 6.45) is 1.80. The number of thiocarbonyl (C=S) groups is 1. The zero-order chi connectivity index (χ0) is 22.1. The Morgan fingerprint density at radius 3 is 2.65 bits per heavy atom. The quantitative estimate of drug-likeness (QED) is 0.562. The molecule has 2 aromatic heterocycles. The zero-order valence-corrected chi connectivity index (χ0v) is 19.0. The Kier molecular flexibility index (Phi) is 6.07. The molecule has 2 unspecified atom stereocenters. The van der Waals surface area contributed by atoms with Gasteiger partial charge < -0.3 is 19.5 Å². The Morgan fingerprint density at radius 2 is 1.97 bits per heavy atom. The fraction of sp³-hybridized carbons (Fsp3) is 0.333. The molecule has 0 spiro atoms. The number of aromatic nitrogens is 2. The molecule has 1 N–H and O–H groups in total. The van der Waals surface area contributed by atoms with E-state index in [-0.39, 0.29) is 17.9 Å². The largest absolute Gasteiger partial charge is 0.383 e. The van der Waals surface area contributed by atoms with Crippen molar-refractivity contribution in [3.8, 4) is 0 Å². The highest BCUT2D eigenvalue weighted by Crippen LogP contribution is 2.43. The van der Waals surface area contributed by atoms with Gasteiger partial charge in [-0.2, -0.15) is 0 Å². The highest BCUT2D eigenvalue weighted by atomic mass is 32.1. The van der Waals surface area contributed by atoms with Gasteiger partial charge in [0.2, 0.25) is 0 Å². The third kappa shape index (κ3) is 3.95. The average Bonchev–Trinajstić information content (AvgIpc) is 3.25. The van der Waals surface area contributed by atoms with Crippen molar-refractivity contribution in [2.24, 2.45) is 0 Å². The standard InChI is InChI=1S/C24H27FN4OS/c1-15-13-18(8-9-20(15)25)29-23(19-14-16(2)28(17(19)3)11-12-30-4)22(27-24(29)31)21-7-5-6-10-26-21/h5-10,13-14,22-23H,11-12H2,1-4H3,(H,27,31). The minimum Gasteiger partial charge on any atom is -0.383 e. The third-order valence-corrected chi connectivity index (χ3v) is 6.28. The summed E-state index contributed by atoms with van der Waals surface area (Å²) in [4.78, 5) is 6.69. The molecule has 31 heavy (non-hydrogen) atoms. The first-order valence-electron chi connectivity index (χ1n) is 10.3. The van der Waals surface area contributed by atoms with Crippen molar-refractivity contribution in [3.63, 3.8) is 0 Å². The van der Waals surface area contributed by atoms with Crippen molar-refractivity contribution < 1.29 is 9.13 Å². The average molecular weight is 439 g/mol. The summed E-state index contributed by atoms with van der Waals surface area (Å²) in [5.41, 5.74) is 5.86. The van der Waals surface area contributed by atoms with Gasteiger partial charge in [-0.3, -0.25) is 4.98 Å². The first-order chi connectivity index (χ1) is 14.9. The lowest BCUT2D eigenvalue weighted by Gasteiger charge is -2.28. The van der Waals surface area contributed by atoms with E-state index in [0.29, 0.717) is 17.3 Å². The van der Waals surface area contributed by atoms with Gasteiger partial charge in [0, 0.05) is 36.9 Å². The lowest BCUT2D eigenvalue weighted by molar-refractivity contribution is 0.186. The van der Waals surface area contributed by atoms with Gasteiger partial charge in [0.25, 0.3) is 0 Å². The molecule has 1 fully saturated rings. The van der Waals surface area contributed by atoms with Crippen LogP contribution in [0.15, 0.2) is 48.7 Å². The van der Waals surface area contributed by atoms with E-state index in [1.165, 1.54) is 11.6 Å². The molecule has 1 aliphatic heterocycles. The van der Waals surface area contributed by atoms with E-state index in [1.54, 1.807) is 26.3 Å². The molecule has 2 atom stereocenters. The van der Waals surface area contributed by atoms with Gasteiger partial charge in [0.1, 0.15) is 5.82 Å². The van der Waals surface area contributed by atoms with Crippen molar-refractivity contribution in [2.75, 3.05) is 18.6 Å². The van der Waals surface area contributed by atoms with Crippen LogP contribution in [0.2, 0.25) is 0 Å². The number of benzene rings is 1. The van der Waals surface area contributed by atoms with Gasteiger partial charge in [-0.1, -0.05) is 6.07 Å². The van der Waals surface area contributed by atoms with Crippen LogP contribution in [0.5, 0.6) is 0 Å². The summed E-state index contributed by atoms with van der Waals surface area (Å²) in [6, 6.07) is 13.0. The predicted octanol–water partition coefficient (Wildman–Crippen LogP) is 4.77. The van der Waals surface area contributed by atoms with Crippen LogP contribution >= 0.6 is 12.2 Å². The van der Waals surface area contributed by atoms with E-state index >= 15 is 0 Å². The predicted molar refractivity (Wildman–Crippen MR) is 125 cm³/mol. The number of anilines is 1. The van der Waals surface area contributed by atoms with Crippen molar-refractivity contribution in [1.82, 2.24) is 14.9 Å². The van der Waals surface area contributed by atoms with Crippen LogP contribution in [-0.4, -0.2) is 28.4 Å². The maximum absolute atomic E-state index is 14.0. The SMILES string of the molecule is COCCn1c(C)cc(C2C(c3ccccn3)NC(=S)N2c2ccc(F)c(C)c2)c1C. The zero-order valence-electron chi connectivity index (χ0n) is 18.2. The normalized spacial score (nSPS) is 18.5. The summed E-state index contributed by atoms with van der Waals surface area (Å²) >= 11 is 5.77. The molecule has 0 amide bonds. The molecule has 1 aromatic carbocycles. The summed E-state index contributed by atoms with van der Waals surface area (Å²) in [5, 5.41) is 4.07. The number of rotatable bonds is 6. The number of nitrogens with zero attached hydrogens (tertiary/aromatic N) is 3. The Morgan fingerprint density at radius 1 is 1.16 bits per heavy atom. The molecular weight excluding hydrogens is 411 g/mol. The molecule has 0 saturated carbocycles. The van der Waals surface area contributed by atoms with Crippen molar-refractivity contribution in [3.05, 3.63) is 82.7 Å². The van der Waals surface area contributed by atoms with Crippen LogP contribution < -0.4 is 10.2 Å². The highest BCUT2D eigenvalue weighted by Gasteiger charge is 2.42. The van der Waals surface area contributed by atoms with E-state index < -0.39 is 0 Å². The number of hydrogen-bond donors (Lipinski definition) is 1. The fourth-order valence-corrected chi connectivity index (χ4v) is 4.73. The van der Waals surface area contributed by atoms with Crippen LogP contribution in [0, 0.1) is 26.6 Å². The molecule has 1 aliphatic rings.